The third-order valence-corrected chi connectivity index (χ3v) is 6.42. The number of benzene rings is 1. The Morgan fingerprint density at radius 1 is 1.17 bits per heavy atom. The fourth-order valence-electron chi connectivity index (χ4n) is 3.77. The second-order valence-corrected chi connectivity index (χ2v) is 8.26. The Morgan fingerprint density at radius 3 is 2.83 bits per heavy atom. The maximum absolute atomic E-state index is 12.8. The Labute approximate surface area is 170 Å². The van der Waals surface area contributed by atoms with Crippen LogP contribution < -0.4 is 10.9 Å². The molecule has 0 fully saturated rings. The van der Waals surface area contributed by atoms with E-state index in [1.807, 2.05) is 24.3 Å². The second-order valence-electron chi connectivity index (χ2n) is 7.15. The van der Waals surface area contributed by atoms with Gasteiger partial charge in [0.2, 0.25) is 0 Å². The second kappa shape index (κ2) is 6.97. The standard InChI is InChI=1S/C21H19N5O2S/c1-26-17(27)11-10-15(25-26)20(28)24-21-18(12-6-2-5-9-16(12)29-21)19-22-13-7-3-4-8-14(13)23-19/h3-4,7-8,10-11H,2,5-6,9H2,1H3,(H,22,23)(H,24,28). The van der Waals surface area contributed by atoms with Crippen molar-refractivity contribution in [2.45, 2.75) is 25.7 Å². The number of aromatic amines is 1. The highest BCUT2D eigenvalue weighted by Crippen LogP contribution is 2.43. The van der Waals surface area contributed by atoms with Gasteiger partial charge in [-0.2, -0.15) is 5.10 Å². The molecule has 1 aliphatic carbocycles. The normalized spacial score (nSPS) is 13.4. The van der Waals surface area contributed by atoms with Crippen molar-refractivity contribution in [1.29, 1.82) is 0 Å². The molecule has 0 saturated carbocycles. The molecule has 4 aromatic rings. The summed E-state index contributed by atoms with van der Waals surface area (Å²) in [7, 11) is 1.53. The molecule has 1 aromatic carbocycles. The number of H-pyrrole nitrogens is 1. The van der Waals surface area contributed by atoms with Crippen molar-refractivity contribution >= 4 is 33.3 Å². The molecule has 1 amide bonds. The summed E-state index contributed by atoms with van der Waals surface area (Å²) in [6.45, 7) is 0. The summed E-state index contributed by atoms with van der Waals surface area (Å²) in [5, 5.41) is 7.85. The highest BCUT2D eigenvalue weighted by molar-refractivity contribution is 7.17. The number of carbonyl (C=O) groups excluding carboxylic acids is 1. The van der Waals surface area contributed by atoms with Gasteiger partial charge < -0.3 is 10.3 Å². The van der Waals surface area contributed by atoms with Crippen molar-refractivity contribution in [2.24, 2.45) is 7.05 Å². The Balaban J connectivity index is 1.59. The zero-order valence-corrected chi connectivity index (χ0v) is 16.7. The Kier molecular flexibility index (Phi) is 4.28. The summed E-state index contributed by atoms with van der Waals surface area (Å²) in [6.07, 6.45) is 4.28. The topological polar surface area (TPSA) is 92.7 Å². The number of anilines is 1. The van der Waals surface area contributed by atoms with E-state index in [0.717, 1.165) is 57.8 Å². The smallest absolute Gasteiger partial charge is 0.276 e. The quantitative estimate of drug-likeness (QED) is 0.545. The predicted molar refractivity (Wildman–Crippen MR) is 113 cm³/mol. The van der Waals surface area contributed by atoms with E-state index in [9.17, 15) is 9.59 Å². The highest BCUT2D eigenvalue weighted by Gasteiger charge is 2.25. The average molecular weight is 405 g/mol. The highest BCUT2D eigenvalue weighted by atomic mass is 32.1. The number of aryl methyl sites for hydroxylation is 2. The van der Waals surface area contributed by atoms with Crippen LogP contribution in [0.1, 0.15) is 33.8 Å². The number of nitrogens with one attached hydrogen (secondary N) is 2. The molecule has 0 saturated heterocycles. The number of hydrogen-bond acceptors (Lipinski definition) is 5. The van der Waals surface area contributed by atoms with Crippen molar-refractivity contribution in [3.8, 4) is 11.4 Å². The maximum Gasteiger partial charge on any atom is 0.276 e. The molecule has 0 radical (unpaired) electrons. The van der Waals surface area contributed by atoms with Crippen LogP contribution in [0, 0.1) is 0 Å². The number of imidazole rings is 1. The number of hydrogen-bond donors (Lipinski definition) is 2. The minimum absolute atomic E-state index is 0.203. The van der Waals surface area contributed by atoms with E-state index < -0.39 is 0 Å². The number of rotatable bonds is 3. The summed E-state index contributed by atoms with van der Waals surface area (Å²) < 4.78 is 1.16. The first-order valence-electron chi connectivity index (χ1n) is 9.55. The van der Waals surface area contributed by atoms with Gasteiger partial charge in [0, 0.05) is 18.0 Å². The van der Waals surface area contributed by atoms with Crippen LogP contribution in [0.3, 0.4) is 0 Å². The molecule has 0 spiro atoms. The number of carbonyl (C=O) groups is 1. The van der Waals surface area contributed by atoms with Crippen LogP contribution in [-0.2, 0) is 19.9 Å². The molecular weight excluding hydrogens is 386 g/mol. The van der Waals surface area contributed by atoms with Crippen LogP contribution in [0.2, 0.25) is 0 Å². The van der Waals surface area contributed by atoms with Crippen molar-refractivity contribution in [3.05, 3.63) is 62.9 Å². The van der Waals surface area contributed by atoms with Gasteiger partial charge in [0.1, 0.15) is 16.5 Å². The number of nitrogens with zero attached hydrogens (tertiary/aromatic N) is 3. The van der Waals surface area contributed by atoms with E-state index >= 15 is 0 Å². The van der Waals surface area contributed by atoms with E-state index in [1.54, 1.807) is 11.3 Å². The summed E-state index contributed by atoms with van der Waals surface area (Å²) in [5.74, 6) is 0.436. The van der Waals surface area contributed by atoms with Gasteiger partial charge in [0.05, 0.1) is 16.6 Å². The Bertz CT molecular complexity index is 1270. The van der Waals surface area contributed by atoms with Gasteiger partial charge in [-0.25, -0.2) is 9.67 Å². The Morgan fingerprint density at radius 2 is 2.00 bits per heavy atom. The maximum atomic E-state index is 12.8. The molecule has 5 rings (SSSR count). The monoisotopic (exact) mass is 405 g/mol. The summed E-state index contributed by atoms with van der Waals surface area (Å²) >= 11 is 1.61. The molecule has 3 heterocycles. The van der Waals surface area contributed by atoms with Crippen molar-refractivity contribution in [2.75, 3.05) is 5.32 Å². The van der Waals surface area contributed by atoms with Crippen LogP contribution in [0.5, 0.6) is 0 Å². The first kappa shape index (κ1) is 17.8. The van der Waals surface area contributed by atoms with Crippen molar-refractivity contribution in [1.82, 2.24) is 19.7 Å². The molecule has 8 heteroatoms. The molecule has 7 nitrogen and oxygen atoms in total. The molecule has 146 valence electrons. The lowest BCUT2D eigenvalue weighted by Gasteiger charge is -2.12. The van der Waals surface area contributed by atoms with E-state index in [-0.39, 0.29) is 17.2 Å². The zero-order chi connectivity index (χ0) is 20.0. The third-order valence-electron chi connectivity index (χ3n) is 5.22. The first-order chi connectivity index (χ1) is 14.1. The van der Waals surface area contributed by atoms with E-state index in [1.165, 1.54) is 29.6 Å². The number of amides is 1. The average Bonchev–Trinajstić information content (AvgIpc) is 3.30. The first-order valence-corrected chi connectivity index (χ1v) is 10.4. The number of aromatic nitrogens is 4. The molecule has 2 N–H and O–H groups in total. The van der Waals surface area contributed by atoms with Crippen LogP contribution in [0.25, 0.3) is 22.4 Å². The van der Waals surface area contributed by atoms with E-state index in [2.05, 4.69) is 15.4 Å². The zero-order valence-electron chi connectivity index (χ0n) is 15.9. The fraction of sp³-hybridized carbons (Fsp3) is 0.238. The van der Waals surface area contributed by atoms with Crippen LogP contribution in [-0.4, -0.2) is 25.7 Å². The summed E-state index contributed by atoms with van der Waals surface area (Å²) in [4.78, 5) is 33.9. The van der Waals surface area contributed by atoms with E-state index in [0.29, 0.717) is 0 Å². The van der Waals surface area contributed by atoms with Gasteiger partial charge in [-0.05, 0) is 49.4 Å². The minimum Gasteiger partial charge on any atom is -0.338 e. The Hall–Kier alpha value is -3.26. The van der Waals surface area contributed by atoms with Crippen LogP contribution in [0.15, 0.2) is 41.2 Å². The largest absolute Gasteiger partial charge is 0.338 e. The minimum atomic E-state index is -0.337. The molecule has 0 aliphatic heterocycles. The predicted octanol–water partition coefficient (Wildman–Crippen LogP) is 3.52. The molecule has 0 unspecified atom stereocenters. The van der Waals surface area contributed by atoms with Gasteiger partial charge in [-0.3, -0.25) is 9.59 Å². The van der Waals surface area contributed by atoms with Gasteiger partial charge in [0.15, 0.2) is 0 Å². The lowest BCUT2D eigenvalue weighted by molar-refractivity contribution is 0.102. The van der Waals surface area contributed by atoms with Crippen LogP contribution in [0.4, 0.5) is 5.00 Å². The fourth-order valence-corrected chi connectivity index (χ4v) is 5.05. The van der Waals surface area contributed by atoms with Gasteiger partial charge in [0.25, 0.3) is 11.5 Å². The lowest BCUT2D eigenvalue weighted by atomic mass is 9.95. The molecule has 3 aromatic heterocycles. The summed E-state index contributed by atoms with van der Waals surface area (Å²) in [5.41, 5.74) is 4.05. The van der Waals surface area contributed by atoms with Crippen molar-refractivity contribution < 1.29 is 4.79 Å². The summed E-state index contributed by atoms with van der Waals surface area (Å²) in [6, 6.07) is 10.7. The molecule has 0 atom stereocenters. The molecular formula is C21H19N5O2S. The number of fused-ring (bicyclic) bond motifs is 2. The van der Waals surface area contributed by atoms with Crippen molar-refractivity contribution in [3.63, 3.8) is 0 Å². The van der Waals surface area contributed by atoms with Gasteiger partial charge in [-0.15, -0.1) is 11.3 Å². The molecule has 0 bridgehead atoms. The lowest BCUT2D eigenvalue weighted by Crippen LogP contribution is -2.23. The number of thiophene rings is 1. The van der Waals surface area contributed by atoms with Crippen LogP contribution >= 0.6 is 11.3 Å². The number of para-hydroxylation sites is 2. The SMILES string of the molecule is Cn1nc(C(=O)Nc2sc3c(c2-c2nc4ccccc4[nH]2)CCCC3)ccc1=O. The van der Waals surface area contributed by atoms with Gasteiger partial charge >= 0.3 is 0 Å². The van der Waals surface area contributed by atoms with Gasteiger partial charge in [-0.1, -0.05) is 12.1 Å². The molecule has 29 heavy (non-hydrogen) atoms. The van der Waals surface area contributed by atoms with E-state index in [4.69, 9.17) is 4.98 Å². The molecule has 1 aliphatic rings. The third kappa shape index (κ3) is 3.15.